The quantitative estimate of drug-likeness (QED) is 0.490. The van der Waals surface area contributed by atoms with Gasteiger partial charge in [0.2, 0.25) is 11.8 Å². The van der Waals surface area contributed by atoms with Gasteiger partial charge in [0.15, 0.2) is 0 Å². The molecule has 0 aliphatic rings. The molecule has 5 heteroatoms. The molecule has 2 amide bonds. The fourth-order valence-electron chi connectivity index (χ4n) is 3.68. The molecule has 3 rings (SSSR count). The van der Waals surface area contributed by atoms with Gasteiger partial charge in [-0.15, -0.1) is 0 Å². The van der Waals surface area contributed by atoms with Crippen LogP contribution in [0.1, 0.15) is 37.8 Å². The Hall–Kier alpha value is -2.85. The van der Waals surface area contributed by atoms with E-state index in [4.69, 9.17) is 11.6 Å². The summed E-state index contributed by atoms with van der Waals surface area (Å²) in [5.74, 6) is -0.209. The standard InChI is InChI=1S/C26H29ClN2O2/c1-3-17-28-26(31)19(2)29(18-22-10-5-7-14-24(22)27)25(30)16-15-21-12-8-11-20-9-4-6-13-23(20)21/h4-14,19H,3,15-18H2,1-2H3,(H,28,31)/t19-/m0/s1. The summed E-state index contributed by atoms with van der Waals surface area (Å²) in [6.07, 6.45) is 1.78. The predicted molar refractivity (Wildman–Crippen MR) is 127 cm³/mol. The van der Waals surface area contributed by atoms with E-state index in [0.717, 1.165) is 28.3 Å². The van der Waals surface area contributed by atoms with Crippen molar-refractivity contribution in [1.82, 2.24) is 10.2 Å². The maximum atomic E-state index is 13.3. The van der Waals surface area contributed by atoms with Gasteiger partial charge < -0.3 is 10.2 Å². The molecule has 0 aliphatic carbocycles. The number of amides is 2. The number of rotatable bonds is 9. The summed E-state index contributed by atoms with van der Waals surface area (Å²) in [6.45, 7) is 4.67. The van der Waals surface area contributed by atoms with Crippen molar-refractivity contribution in [3.63, 3.8) is 0 Å². The van der Waals surface area contributed by atoms with Gasteiger partial charge in [0.05, 0.1) is 0 Å². The van der Waals surface area contributed by atoms with Crippen LogP contribution in [0.25, 0.3) is 10.8 Å². The van der Waals surface area contributed by atoms with Crippen LogP contribution in [-0.2, 0) is 22.6 Å². The Morgan fingerprint density at radius 3 is 2.42 bits per heavy atom. The second-order valence-electron chi connectivity index (χ2n) is 7.72. The Balaban J connectivity index is 1.79. The molecule has 0 saturated heterocycles. The minimum atomic E-state index is -0.581. The fourth-order valence-corrected chi connectivity index (χ4v) is 3.88. The van der Waals surface area contributed by atoms with E-state index in [1.165, 1.54) is 0 Å². The van der Waals surface area contributed by atoms with E-state index >= 15 is 0 Å². The van der Waals surface area contributed by atoms with Gasteiger partial charge in [-0.2, -0.15) is 0 Å². The molecule has 4 nitrogen and oxygen atoms in total. The monoisotopic (exact) mass is 436 g/mol. The molecule has 0 radical (unpaired) electrons. The lowest BCUT2D eigenvalue weighted by atomic mass is 10.0. The Bertz CT molecular complexity index is 1050. The number of nitrogens with one attached hydrogen (secondary N) is 1. The van der Waals surface area contributed by atoms with Crippen LogP contribution in [-0.4, -0.2) is 29.3 Å². The molecule has 0 saturated carbocycles. The van der Waals surface area contributed by atoms with Crippen molar-refractivity contribution < 1.29 is 9.59 Å². The van der Waals surface area contributed by atoms with Gasteiger partial charge in [0, 0.05) is 24.5 Å². The van der Waals surface area contributed by atoms with Gasteiger partial charge in [-0.1, -0.05) is 79.2 Å². The fraction of sp³-hybridized carbons (Fsp3) is 0.308. The van der Waals surface area contributed by atoms with Gasteiger partial charge in [-0.25, -0.2) is 0 Å². The topological polar surface area (TPSA) is 49.4 Å². The van der Waals surface area contributed by atoms with E-state index in [1.54, 1.807) is 17.9 Å². The number of benzene rings is 3. The Kier molecular flexibility index (Phi) is 8.07. The zero-order valence-corrected chi connectivity index (χ0v) is 18.9. The second kappa shape index (κ2) is 11.0. The highest BCUT2D eigenvalue weighted by atomic mass is 35.5. The largest absolute Gasteiger partial charge is 0.354 e. The molecular weight excluding hydrogens is 408 g/mol. The van der Waals surface area contributed by atoms with Crippen molar-refractivity contribution in [1.29, 1.82) is 0 Å². The van der Waals surface area contributed by atoms with Crippen molar-refractivity contribution in [3.05, 3.63) is 82.9 Å². The van der Waals surface area contributed by atoms with E-state index in [2.05, 4.69) is 29.6 Å². The summed E-state index contributed by atoms with van der Waals surface area (Å²) < 4.78 is 0. The highest BCUT2D eigenvalue weighted by Gasteiger charge is 2.26. The average Bonchev–Trinajstić information content (AvgIpc) is 2.80. The van der Waals surface area contributed by atoms with Crippen LogP contribution in [0.3, 0.4) is 0 Å². The number of hydrogen-bond donors (Lipinski definition) is 1. The number of carbonyl (C=O) groups is 2. The Labute approximate surface area is 189 Å². The summed E-state index contributed by atoms with van der Waals surface area (Å²) >= 11 is 6.34. The van der Waals surface area contributed by atoms with Crippen molar-refractivity contribution in [3.8, 4) is 0 Å². The Morgan fingerprint density at radius 2 is 1.65 bits per heavy atom. The van der Waals surface area contributed by atoms with Gasteiger partial charge in [0.1, 0.15) is 6.04 Å². The molecule has 0 aliphatic heterocycles. The van der Waals surface area contributed by atoms with Crippen molar-refractivity contribution >= 4 is 34.2 Å². The highest BCUT2D eigenvalue weighted by Crippen LogP contribution is 2.22. The maximum Gasteiger partial charge on any atom is 0.242 e. The number of aryl methyl sites for hydroxylation is 1. The van der Waals surface area contributed by atoms with Crippen LogP contribution < -0.4 is 5.32 Å². The van der Waals surface area contributed by atoms with E-state index in [9.17, 15) is 9.59 Å². The normalized spacial score (nSPS) is 11.8. The SMILES string of the molecule is CCCNC(=O)[C@H](C)N(Cc1ccccc1Cl)C(=O)CCc1cccc2ccccc12. The molecule has 0 spiro atoms. The van der Waals surface area contributed by atoms with Crippen molar-refractivity contribution in [2.75, 3.05) is 6.54 Å². The van der Waals surface area contributed by atoms with Gasteiger partial charge in [-0.05, 0) is 47.7 Å². The summed E-state index contributed by atoms with van der Waals surface area (Å²) in [5, 5.41) is 5.81. The second-order valence-corrected chi connectivity index (χ2v) is 8.13. The van der Waals surface area contributed by atoms with Gasteiger partial charge in [0.25, 0.3) is 0 Å². The molecule has 162 valence electrons. The third kappa shape index (κ3) is 5.86. The summed E-state index contributed by atoms with van der Waals surface area (Å²) in [4.78, 5) is 27.6. The minimum Gasteiger partial charge on any atom is -0.354 e. The first-order chi connectivity index (χ1) is 15.0. The van der Waals surface area contributed by atoms with E-state index in [1.807, 2.05) is 43.3 Å². The zero-order chi connectivity index (χ0) is 22.2. The number of hydrogen-bond acceptors (Lipinski definition) is 2. The van der Waals surface area contributed by atoms with Crippen LogP contribution in [0, 0.1) is 0 Å². The molecule has 31 heavy (non-hydrogen) atoms. The molecule has 0 heterocycles. The maximum absolute atomic E-state index is 13.3. The lowest BCUT2D eigenvalue weighted by Gasteiger charge is -2.29. The van der Waals surface area contributed by atoms with Crippen LogP contribution in [0.5, 0.6) is 0 Å². The van der Waals surface area contributed by atoms with Crippen LogP contribution >= 0.6 is 11.6 Å². The summed E-state index contributed by atoms with van der Waals surface area (Å²) in [7, 11) is 0. The molecule has 3 aromatic carbocycles. The van der Waals surface area contributed by atoms with Crippen molar-refractivity contribution in [2.24, 2.45) is 0 Å². The molecular formula is C26H29ClN2O2. The molecule has 0 bridgehead atoms. The minimum absolute atomic E-state index is 0.0630. The van der Waals surface area contributed by atoms with Crippen molar-refractivity contribution in [2.45, 2.75) is 45.7 Å². The first-order valence-corrected chi connectivity index (χ1v) is 11.2. The van der Waals surface area contributed by atoms with Crippen LogP contribution in [0.2, 0.25) is 5.02 Å². The first kappa shape index (κ1) is 22.8. The molecule has 1 N–H and O–H groups in total. The number of halogens is 1. The molecule has 0 unspecified atom stereocenters. The molecule has 0 fully saturated rings. The summed E-state index contributed by atoms with van der Waals surface area (Å²) in [5.41, 5.74) is 1.96. The lowest BCUT2D eigenvalue weighted by molar-refractivity contribution is -0.140. The van der Waals surface area contributed by atoms with Gasteiger partial charge >= 0.3 is 0 Å². The van der Waals surface area contributed by atoms with Crippen LogP contribution in [0.15, 0.2) is 66.7 Å². The number of nitrogens with zero attached hydrogens (tertiary/aromatic N) is 1. The van der Waals surface area contributed by atoms with E-state index in [0.29, 0.717) is 31.0 Å². The zero-order valence-electron chi connectivity index (χ0n) is 18.1. The molecule has 0 aromatic heterocycles. The Morgan fingerprint density at radius 1 is 0.968 bits per heavy atom. The summed E-state index contributed by atoms with van der Waals surface area (Å²) in [6, 6.07) is 21.2. The smallest absolute Gasteiger partial charge is 0.242 e. The van der Waals surface area contributed by atoms with Crippen LogP contribution in [0.4, 0.5) is 0 Å². The lowest BCUT2D eigenvalue weighted by Crippen LogP contribution is -2.47. The third-order valence-corrected chi connectivity index (χ3v) is 5.87. The number of fused-ring (bicyclic) bond motifs is 1. The van der Waals surface area contributed by atoms with Gasteiger partial charge in [-0.3, -0.25) is 9.59 Å². The predicted octanol–water partition coefficient (Wildman–Crippen LogP) is 5.37. The molecule has 1 atom stereocenters. The van der Waals surface area contributed by atoms with E-state index < -0.39 is 6.04 Å². The van der Waals surface area contributed by atoms with E-state index in [-0.39, 0.29) is 11.8 Å². The average molecular weight is 437 g/mol. The first-order valence-electron chi connectivity index (χ1n) is 10.8. The molecule has 3 aromatic rings. The highest BCUT2D eigenvalue weighted by molar-refractivity contribution is 6.31. The third-order valence-electron chi connectivity index (χ3n) is 5.50. The number of carbonyl (C=O) groups excluding carboxylic acids is 2.